The quantitative estimate of drug-likeness (QED) is 0.815. The molecule has 0 bridgehead atoms. The number of benzene rings is 2. The molecule has 1 amide bonds. The molecule has 25 heavy (non-hydrogen) atoms. The molecular weight excluding hydrogens is 346 g/mol. The van der Waals surface area contributed by atoms with Crippen LogP contribution in [0.25, 0.3) is 0 Å². The minimum absolute atomic E-state index is 0.280. The summed E-state index contributed by atoms with van der Waals surface area (Å²) in [4.78, 5) is 12.4. The standard InChI is InChI=1S/C18H20ClNO5/c1-22-14-6-5-11(7-15(14)23-2)10-20-18(21)12-8-13(19)17(25-4)16(9-12)24-3/h5-9H,10H2,1-4H3,(H,20,21). The van der Waals surface area contributed by atoms with E-state index >= 15 is 0 Å². The van der Waals surface area contributed by atoms with Crippen molar-refractivity contribution in [3.63, 3.8) is 0 Å². The van der Waals surface area contributed by atoms with Crippen molar-refractivity contribution in [3.8, 4) is 23.0 Å². The van der Waals surface area contributed by atoms with Gasteiger partial charge < -0.3 is 24.3 Å². The molecule has 2 aromatic carbocycles. The molecule has 0 fully saturated rings. The monoisotopic (exact) mass is 365 g/mol. The zero-order chi connectivity index (χ0) is 18.4. The van der Waals surface area contributed by atoms with Crippen molar-refractivity contribution in [2.45, 2.75) is 6.54 Å². The molecule has 134 valence electrons. The summed E-state index contributed by atoms with van der Waals surface area (Å²) in [5, 5.41) is 3.13. The lowest BCUT2D eigenvalue weighted by molar-refractivity contribution is 0.0950. The van der Waals surface area contributed by atoms with Crippen LogP contribution in [0.2, 0.25) is 5.02 Å². The third-order valence-electron chi connectivity index (χ3n) is 3.60. The van der Waals surface area contributed by atoms with Gasteiger partial charge in [-0.05, 0) is 29.8 Å². The van der Waals surface area contributed by atoms with Crippen molar-refractivity contribution in [3.05, 3.63) is 46.5 Å². The highest BCUT2D eigenvalue weighted by atomic mass is 35.5. The maximum Gasteiger partial charge on any atom is 0.251 e. The number of amides is 1. The first-order valence-corrected chi connectivity index (χ1v) is 7.82. The fraction of sp³-hybridized carbons (Fsp3) is 0.278. The van der Waals surface area contributed by atoms with E-state index in [0.717, 1.165) is 5.56 Å². The summed E-state index contributed by atoms with van der Waals surface area (Å²) in [5.74, 6) is 1.73. The van der Waals surface area contributed by atoms with Crippen molar-refractivity contribution >= 4 is 17.5 Å². The summed E-state index contributed by atoms with van der Waals surface area (Å²) >= 11 is 6.13. The Balaban J connectivity index is 2.14. The zero-order valence-electron chi connectivity index (χ0n) is 14.5. The van der Waals surface area contributed by atoms with Crippen LogP contribution in [0, 0.1) is 0 Å². The molecule has 0 spiro atoms. The minimum Gasteiger partial charge on any atom is -0.493 e. The van der Waals surface area contributed by atoms with Crippen molar-refractivity contribution in [1.29, 1.82) is 0 Å². The second-order valence-electron chi connectivity index (χ2n) is 5.07. The van der Waals surface area contributed by atoms with Crippen LogP contribution in [-0.2, 0) is 6.54 Å². The van der Waals surface area contributed by atoms with Gasteiger partial charge in [0.15, 0.2) is 23.0 Å². The van der Waals surface area contributed by atoms with E-state index < -0.39 is 0 Å². The lowest BCUT2D eigenvalue weighted by atomic mass is 10.1. The average Bonchev–Trinajstić information content (AvgIpc) is 2.64. The normalized spacial score (nSPS) is 10.1. The number of nitrogens with one attached hydrogen (secondary N) is 1. The van der Waals surface area contributed by atoms with Gasteiger partial charge in [0.05, 0.1) is 33.5 Å². The van der Waals surface area contributed by atoms with E-state index in [1.807, 2.05) is 6.07 Å². The maximum atomic E-state index is 12.4. The molecule has 0 heterocycles. The second kappa shape index (κ2) is 8.48. The average molecular weight is 366 g/mol. The molecule has 0 aliphatic heterocycles. The van der Waals surface area contributed by atoms with Crippen LogP contribution in [0.3, 0.4) is 0 Å². The highest BCUT2D eigenvalue weighted by Crippen LogP contribution is 2.36. The van der Waals surface area contributed by atoms with E-state index in [0.29, 0.717) is 40.1 Å². The first-order valence-electron chi connectivity index (χ1n) is 7.44. The Hall–Kier alpha value is -2.60. The number of halogens is 1. The number of rotatable bonds is 7. The number of hydrogen-bond acceptors (Lipinski definition) is 5. The Morgan fingerprint density at radius 2 is 1.60 bits per heavy atom. The van der Waals surface area contributed by atoms with E-state index in [1.54, 1.807) is 32.4 Å². The smallest absolute Gasteiger partial charge is 0.251 e. The Morgan fingerprint density at radius 3 is 2.20 bits per heavy atom. The molecule has 0 radical (unpaired) electrons. The van der Waals surface area contributed by atoms with Gasteiger partial charge in [-0.1, -0.05) is 17.7 Å². The van der Waals surface area contributed by atoms with E-state index in [9.17, 15) is 4.79 Å². The topological polar surface area (TPSA) is 66.0 Å². The molecule has 0 saturated heterocycles. The van der Waals surface area contributed by atoms with Crippen molar-refractivity contribution in [2.24, 2.45) is 0 Å². The van der Waals surface area contributed by atoms with Gasteiger partial charge >= 0.3 is 0 Å². The van der Waals surface area contributed by atoms with Gasteiger partial charge in [0.25, 0.3) is 5.91 Å². The van der Waals surface area contributed by atoms with Crippen LogP contribution < -0.4 is 24.3 Å². The highest BCUT2D eigenvalue weighted by Gasteiger charge is 2.15. The molecule has 0 atom stereocenters. The fourth-order valence-electron chi connectivity index (χ4n) is 2.32. The maximum absolute atomic E-state index is 12.4. The third kappa shape index (κ3) is 4.28. The summed E-state index contributed by atoms with van der Waals surface area (Å²) in [6.07, 6.45) is 0. The molecule has 0 aromatic heterocycles. The molecule has 7 heteroatoms. The fourth-order valence-corrected chi connectivity index (χ4v) is 2.61. The number of ether oxygens (including phenoxy) is 4. The molecule has 0 saturated carbocycles. The van der Waals surface area contributed by atoms with E-state index in [2.05, 4.69) is 5.32 Å². The van der Waals surface area contributed by atoms with Gasteiger partial charge in [-0.15, -0.1) is 0 Å². The van der Waals surface area contributed by atoms with Crippen molar-refractivity contribution in [1.82, 2.24) is 5.32 Å². The minimum atomic E-state index is -0.280. The first-order chi connectivity index (χ1) is 12.0. The van der Waals surface area contributed by atoms with Crippen molar-refractivity contribution in [2.75, 3.05) is 28.4 Å². The molecule has 6 nitrogen and oxygen atoms in total. The Morgan fingerprint density at radius 1 is 0.920 bits per heavy atom. The molecule has 2 aromatic rings. The number of carbonyl (C=O) groups excluding carboxylic acids is 1. The summed E-state index contributed by atoms with van der Waals surface area (Å²) < 4.78 is 20.8. The third-order valence-corrected chi connectivity index (χ3v) is 3.88. The predicted octanol–water partition coefficient (Wildman–Crippen LogP) is 3.30. The Labute approximate surface area is 151 Å². The lowest BCUT2D eigenvalue weighted by Gasteiger charge is -2.13. The highest BCUT2D eigenvalue weighted by molar-refractivity contribution is 6.32. The largest absolute Gasteiger partial charge is 0.493 e. The van der Waals surface area contributed by atoms with E-state index in [-0.39, 0.29) is 5.91 Å². The van der Waals surface area contributed by atoms with Crippen LogP contribution in [-0.4, -0.2) is 34.3 Å². The molecule has 2 rings (SSSR count). The predicted molar refractivity (Wildman–Crippen MR) is 95.3 cm³/mol. The zero-order valence-corrected chi connectivity index (χ0v) is 15.3. The van der Waals surface area contributed by atoms with Crippen LogP contribution in [0.15, 0.2) is 30.3 Å². The molecule has 0 aliphatic rings. The van der Waals surface area contributed by atoms with Gasteiger partial charge in [0.1, 0.15) is 0 Å². The Kier molecular flexibility index (Phi) is 6.36. The summed E-state index contributed by atoms with van der Waals surface area (Å²) in [7, 11) is 6.10. The molecule has 0 aliphatic carbocycles. The van der Waals surface area contributed by atoms with Crippen LogP contribution >= 0.6 is 11.6 Å². The number of carbonyl (C=O) groups is 1. The van der Waals surface area contributed by atoms with Gasteiger partial charge in [0, 0.05) is 12.1 Å². The van der Waals surface area contributed by atoms with E-state index in [1.165, 1.54) is 20.3 Å². The van der Waals surface area contributed by atoms with Crippen LogP contribution in [0.4, 0.5) is 0 Å². The van der Waals surface area contributed by atoms with Gasteiger partial charge in [0.2, 0.25) is 0 Å². The summed E-state index contributed by atoms with van der Waals surface area (Å²) in [5.41, 5.74) is 1.25. The SMILES string of the molecule is COc1ccc(CNC(=O)c2cc(Cl)c(OC)c(OC)c2)cc1OC. The van der Waals surface area contributed by atoms with Crippen LogP contribution in [0.5, 0.6) is 23.0 Å². The van der Waals surface area contributed by atoms with Crippen LogP contribution in [0.1, 0.15) is 15.9 Å². The van der Waals surface area contributed by atoms with Gasteiger partial charge in [-0.25, -0.2) is 0 Å². The molecule has 1 N–H and O–H groups in total. The first kappa shape index (κ1) is 18.7. The lowest BCUT2D eigenvalue weighted by Crippen LogP contribution is -2.23. The second-order valence-corrected chi connectivity index (χ2v) is 5.47. The van der Waals surface area contributed by atoms with Gasteiger partial charge in [-0.2, -0.15) is 0 Å². The van der Waals surface area contributed by atoms with Gasteiger partial charge in [-0.3, -0.25) is 4.79 Å². The summed E-state index contributed by atoms with van der Waals surface area (Å²) in [6, 6.07) is 8.55. The number of methoxy groups -OCH3 is 4. The van der Waals surface area contributed by atoms with E-state index in [4.69, 9.17) is 30.5 Å². The molecule has 0 unspecified atom stereocenters. The molecular formula is C18H20ClNO5. The Bertz CT molecular complexity index is 763. The number of hydrogen-bond donors (Lipinski definition) is 1. The summed E-state index contributed by atoms with van der Waals surface area (Å²) in [6.45, 7) is 0.325. The van der Waals surface area contributed by atoms with Crippen molar-refractivity contribution < 1.29 is 23.7 Å².